The number of nitrogens with zero attached hydrogens (tertiary/aromatic N) is 4. The highest BCUT2D eigenvalue weighted by Gasteiger charge is 2.05. The maximum Gasteiger partial charge on any atom is 0.223 e. The summed E-state index contributed by atoms with van der Waals surface area (Å²) in [5.74, 6) is 3.54. The summed E-state index contributed by atoms with van der Waals surface area (Å²) in [5, 5.41) is 10.0. The van der Waals surface area contributed by atoms with Gasteiger partial charge in [0.1, 0.15) is 17.5 Å². The molecule has 7 heteroatoms. The summed E-state index contributed by atoms with van der Waals surface area (Å²) >= 11 is 0. The molecule has 0 saturated carbocycles. The van der Waals surface area contributed by atoms with E-state index >= 15 is 0 Å². The van der Waals surface area contributed by atoms with Crippen LogP contribution in [0.15, 0.2) is 10.6 Å². The number of rotatable bonds is 6. The molecule has 102 valence electrons. The molecule has 0 aliphatic rings. The monoisotopic (exact) mass is 262 g/mol. The number of anilines is 2. The van der Waals surface area contributed by atoms with Crippen LogP contribution < -0.4 is 10.6 Å². The van der Waals surface area contributed by atoms with Gasteiger partial charge >= 0.3 is 0 Å². The fourth-order valence-electron chi connectivity index (χ4n) is 1.63. The lowest BCUT2D eigenvalue weighted by Crippen LogP contribution is -2.07. The fraction of sp³-hybridized carbons (Fsp3) is 0.500. The summed E-state index contributed by atoms with van der Waals surface area (Å²) < 4.78 is 4.91. The van der Waals surface area contributed by atoms with Crippen LogP contribution in [0.2, 0.25) is 0 Å². The molecule has 2 rings (SSSR count). The van der Waals surface area contributed by atoms with Gasteiger partial charge in [-0.25, -0.2) is 9.97 Å². The van der Waals surface area contributed by atoms with Crippen LogP contribution in [0.1, 0.15) is 30.9 Å². The Labute approximate surface area is 111 Å². The molecular formula is C12H18N6O. The van der Waals surface area contributed by atoms with Crippen LogP contribution in [0.5, 0.6) is 0 Å². The van der Waals surface area contributed by atoms with E-state index in [9.17, 15) is 0 Å². The average Bonchev–Trinajstić information content (AvgIpc) is 2.82. The van der Waals surface area contributed by atoms with Gasteiger partial charge in [-0.15, -0.1) is 0 Å². The Bertz CT molecular complexity index is 539. The molecule has 7 nitrogen and oxygen atoms in total. The zero-order valence-electron chi connectivity index (χ0n) is 11.4. The Balaban J connectivity index is 2.08. The predicted molar refractivity (Wildman–Crippen MR) is 71.9 cm³/mol. The average molecular weight is 262 g/mol. The van der Waals surface area contributed by atoms with E-state index in [0.29, 0.717) is 18.3 Å². The minimum Gasteiger partial charge on any atom is -0.373 e. The normalized spacial score (nSPS) is 10.5. The topological polar surface area (TPSA) is 88.8 Å². The number of nitrogens with one attached hydrogen (secondary N) is 2. The van der Waals surface area contributed by atoms with E-state index in [0.717, 1.165) is 30.3 Å². The van der Waals surface area contributed by atoms with Gasteiger partial charge in [-0.05, 0) is 6.42 Å². The molecule has 0 spiro atoms. The van der Waals surface area contributed by atoms with Crippen molar-refractivity contribution >= 4 is 11.6 Å². The van der Waals surface area contributed by atoms with Gasteiger partial charge in [0.2, 0.25) is 5.89 Å². The van der Waals surface area contributed by atoms with Gasteiger partial charge in [-0.2, -0.15) is 4.98 Å². The van der Waals surface area contributed by atoms with E-state index in [4.69, 9.17) is 4.52 Å². The Morgan fingerprint density at radius 1 is 1.16 bits per heavy atom. The van der Waals surface area contributed by atoms with E-state index in [1.165, 1.54) is 0 Å². The summed E-state index contributed by atoms with van der Waals surface area (Å²) in [6.07, 6.45) is 1.86. The fourth-order valence-corrected chi connectivity index (χ4v) is 1.63. The largest absolute Gasteiger partial charge is 0.373 e. The molecule has 0 bridgehead atoms. The van der Waals surface area contributed by atoms with Crippen LogP contribution in [0.4, 0.5) is 11.6 Å². The van der Waals surface area contributed by atoms with E-state index in [2.05, 4.69) is 37.7 Å². The second kappa shape index (κ2) is 6.12. The molecule has 19 heavy (non-hydrogen) atoms. The first-order valence-electron chi connectivity index (χ1n) is 6.30. The number of aromatic nitrogens is 4. The molecule has 0 atom stereocenters. The third kappa shape index (κ3) is 3.64. The minimum atomic E-state index is 0.475. The van der Waals surface area contributed by atoms with Gasteiger partial charge in [0, 0.05) is 26.5 Å². The van der Waals surface area contributed by atoms with Crippen LogP contribution >= 0.6 is 0 Å². The molecule has 0 fully saturated rings. The quantitative estimate of drug-likeness (QED) is 0.820. The van der Waals surface area contributed by atoms with Gasteiger partial charge in [0.15, 0.2) is 5.82 Å². The third-order valence-electron chi connectivity index (χ3n) is 2.50. The van der Waals surface area contributed by atoms with Crippen LogP contribution in [0.3, 0.4) is 0 Å². The zero-order valence-corrected chi connectivity index (χ0v) is 11.4. The maximum absolute atomic E-state index is 4.91. The Hall–Kier alpha value is -2.18. The van der Waals surface area contributed by atoms with Crippen molar-refractivity contribution in [2.24, 2.45) is 0 Å². The second-order valence-corrected chi connectivity index (χ2v) is 4.14. The van der Waals surface area contributed by atoms with Crippen molar-refractivity contribution in [2.75, 3.05) is 17.7 Å². The van der Waals surface area contributed by atoms with Crippen LogP contribution in [0, 0.1) is 6.92 Å². The first-order valence-corrected chi connectivity index (χ1v) is 6.30. The molecule has 0 radical (unpaired) electrons. The van der Waals surface area contributed by atoms with Crippen molar-refractivity contribution in [1.82, 2.24) is 20.1 Å². The summed E-state index contributed by atoms with van der Waals surface area (Å²) in [5.41, 5.74) is 0. The minimum absolute atomic E-state index is 0.475. The maximum atomic E-state index is 4.91. The summed E-state index contributed by atoms with van der Waals surface area (Å²) in [6, 6.07) is 1.85. The van der Waals surface area contributed by atoms with Crippen molar-refractivity contribution in [1.29, 1.82) is 0 Å². The summed E-state index contributed by atoms with van der Waals surface area (Å²) in [6.45, 7) is 4.34. The van der Waals surface area contributed by atoms with Crippen molar-refractivity contribution in [3.8, 4) is 0 Å². The Kier molecular flexibility index (Phi) is 4.27. The molecule has 0 unspecified atom stereocenters. The molecule has 2 aromatic rings. The first kappa shape index (κ1) is 13.3. The van der Waals surface area contributed by atoms with Gasteiger partial charge in [0.25, 0.3) is 0 Å². The molecule has 0 aliphatic heterocycles. The molecule has 2 heterocycles. The van der Waals surface area contributed by atoms with E-state index < -0.39 is 0 Å². The van der Waals surface area contributed by atoms with E-state index in [1.54, 1.807) is 6.92 Å². The standard InChI is InChI=1S/C12H18N6O/c1-4-5-9-16-10(13-3)6-11(17-9)14-7-12-15-8(2)19-18-12/h6H,4-5,7H2,1-3H3,(H2,13,14,16,17). The number of hydrogen-bond acceptors (Lipinski definition) is 7. The van der Waals surface area contributed by atoms with Gasteiger partial charge in [0.05, 0.1) is 6.54 Å². The summed E-state index contributed by atoms with van der Waals surface area (Å²) in [4.78, 5) is 13.0. The first-order chi connectivity index (χ1) is 9.21. The van der Waals surface area contributed by atoms with Crippen molar-refractivity contribution in [2.45, 2.75) is 33.2 Å². The molecule has 2 aromatic heterocycles. The van der Waals surface area contributed by atoms with E-state index in [1.807, 2.05) is 13.1 Å². The summed E-state index contributed by atoms with van der Waals surface area (Å²) in [7, 11) is 1.84. The highest BCUT2D eigenvalue weighted by molar-refractivity contribution is 5.47. The SMILES string of the molecule is CCCc1nc(NC)cc(NCc2noc(C)n2)n1. The van der Waals surface area contributed by atoms with Crippen molar-refractivity contribution in [3.05, 3.63) is 23.6 Å². The number of aryl methyl sites for hydroxylation is 2. The predicted octanol–water partition coefficient (Wildman–Crippen LogP) is 1.77. The van der Waals surface area contributed by atoms with Gasteiger partial charge in [-0.1, -0.05) is 12.1 Å². The lowest BCUT2D eigenvalue weighted by molar-refractivity contribution is 0.388. The molecule has 0 saturated heterocycles. The van der Waals surface area contributed by atoms with Crippen LogP contribution in [-0.2, 0) is 13.0 Å². The second-order valence-electron chi connectivity index (χ2n) is 4.14. The van der Waals surface area contributed by atoms with Gasteiger partial charge < -0.3 is 15.2 Å². The van der Waals surface area contributed by atoms with Crippen molar-refractivity contribution < 1.29 is 4.52 Å². The Morgan fingerprint density at radius 2 is 1.95 bits per heavy atom. The molecular weight excluding hydrogens is 244 g/mol. The highest BCUT2D eigenvalue weighted by Crippen LogP contribution is 2.12. The van der Waals surface area contributed by atoms with Gasteiger partial charge in [-0.3, -0.25) is 0 Å². The highest BCUT2D eigenvalue weighted by atomic mass is 16.5. The molecule has 0 amide bonds. The van der Waals surface area contributed by atoms with Crippen LogP contribution in [-0.4, -0.2) is 27.2 Å². The lowest BCUT2D eigenvalue weighted by Gasteiger charge is -2.08. The smallest absolute Gasteiger partial charge is 0.223 e. The van der Waals surface area contributed by atoms with Crippen LogP contribution in [0.25, 0.3) is 0 Å². The number of hydrogen-bond donors (Lipinski definition) is 2. The third-order valence-corrected chi connectivity index (χ3v) is 2.50. The van der Waals surface area contributed by atoms with Crippen molar-refractivity contribution in [3.63, 3.8) is 0 Å². The Morgan fingerprint density at radius 3 is 2.58 bits per heavy atom. The zero-order chi connectivity index (χ0) is 13.7. The van der Waals surface area contributed by atoms with E-state index in [-0.39, 0.29) is 0 Å². The molecule has 0 aliphatic carbocycles. The molecule has 0 aromatic carbocycles. The lowest BCUT2D eigenvalue weighted by atomic mass is 10.3. The molecule has 2 N–H and O–H groups in total.